The molecule has 0 radical (unpaired) electrons. The van der Waals surface area contributed by atoms with Gasteiger partial charge in [-0.2, -0.15) is 0 Å². The number of methoxy groups -OCH3 is 1. The molecular formula is C10H13F2NO2. The van der Waals surface area contributed by atoms with Crippen LogP contribution in [0.3, 0.4) is 0 Å². The maximum absolute atomic E-state index is 13.5. The number of hydrogen-bond acceptors (Lipinski definition) is 3. The summed E-state index contributed by atoms with van der Waals surface area (Å²) in [7, 11) is 1.30. The molecule has 0 saturated carbocycles. The van der Waals surface area contributed by atoms with Crippen molar-refractivity contribution in [3.63, 3.8) is 0 Å². The smallest absolute Gasteiger partial charge is 0.171 e. The number of halogens is 2. The molecule has 3 nitrogen and oxygen atoms in total. The molecule has 0 bridgehead atoms. The zero-order valence-corrected chi connectivity index (χ0v) is 8.34. The number of rotatable bonds is 4. The molecule has 1 aromatic rings. The summed E-state index contributed by atoms with van der Waals surface area (Å²) in [5.74, 6) is -1.48. The molecule has 0 amide bonds. The molecule has 1 unspecified atom stereocenters. The SMILES string of the molecule is COc1ccc(F)c(CC(N)CO)c1F. The van der Waals surface area contributed by atoms with Crippen molar-refractivity contribution in [1.82, 2.24) is 0 Å². The van der Waals surface area contributed by atoms with Crippen LogP contribution in [0, 0.1) is 11.6 Å². The van der Waals surface area contributed by atoms with Crippen molar-refractivity contribution in [2.75, 3.05) is 13.7 Å². The van der Waals surface area contributed by atoms with E-state index in [2.05, 4.69) is 0 Å². The van der Waals surface area contributed by atoms with Gasteiger partial charge in [-0.05, 0) is 18.6 Å². The van der Waals surface area contributed by atoms with E-state index in [1.165, 1.54) is 13.2 Å². The maximum Gasteiger partial charge on any atom is 0.171 e. The van der Waals surface area contributed by atoms with Crippen LogP contribution >= 0.6 is 0 Å². The molecule has 5 heteroatoms. The summed E-state index contributed by atoms with van der Waals surface area (Å²) < 4.78 is 31.5. The van der Waals surface area contributed by atoms with Gasteiger partial charge in [-0.25, -0.2) is 8.78 Å². The van der Waals surface area contributed by atoms with Crippen LogP contribution in [0.5, 0.6) is 5.75 Å². The minimum Gasteiger partial charge on any atom is -0.494 e. The first kappa shape index (κ1) is 11.9. The van der Waals surface area contributed by atoms with Gasteiger partial charge in [0, 0.05) is 11.6 Å². The Labute approximate surface area is 86.5 Å². The Morgan fingerprint density at radius 1 is 1.47 bits per heavy atom. The number of aliphatic hydroxyl groups excluding tert-OH is 1. The molecule has 1 atom stereocenters. The van der Waals surface area contributed by atoms with Crippen LogP contribution in [-0.4, -0.2) is 24.9 Å². The Kier molecular flexibility index (Phi) is 3.99. The lowest BCUT2D eigenvalue weighted by atomic mass is 10.1. The third kappa shape index (κ3) is 2.64. The molecule has 0 aromatic heterocycles. The minimum atomic E-state index is -0.763. The number of benzene rings is 1. The maximum atomic E-state index is 13.5. The molecule has 0 heterocycles. The van der Waals surface area contributed by atoms with Crippen LogP contribution in [0.15, 0.2) is 12.1 Å². The normalized spacial score (nSPS) is 12.6. The van der Waals surface area contributed by atoms with Gasteiger partial charge in [0.1, 0.15) is 5.82 Å². The summed E-state index contributed by atoms with van der Waals surface area (Å²) >= 11 is 0. The Morgan fingerprint density at radius 3 is 2.67 bits per heavy atom. The van der Waals surface area contributed by atoms with E-state index >= 15 is 0 Å². The van der Waals surface area contributed by atoms with Crippen LogP contribution in [0.1, 0.15) is 5.56 Å². The fourth-order valence-corrected chi connectivity index (χ4v) is 1.25. The first-order valence-corrected chi connectivity index (χ1v) is 4.47. The highest BCUT2D eigenvalue weighted by Crippen LogP contribution is 2.23. The van der Waals surface area contributed by atoms with Crippen LogP contribution in [0.4, 0.5) is 8.78 Å². The quantitative estimate of drug-likeness (QED) is 0.785. The number of aliphatic hydroxyl groups is 1. The summed E-state index contributed by atoms with van der Waals surface area (Å²) in [6, 6.07) is 1.64. The second-order valence-corrected chi connectivity index (χ2v) is 3.19. The molecule has 1 aromatic carbocycles. The minimum absolute atomic E-state index is 0.0310. The van der Waals surface area contributed by atoms with Gasteiger partial charge in [0.05, 0.1) is 13.7 Å². The Morgan fingerprint density at radius 2 is 2.13 bits per heavy atom. The van der Waals surface area contributed by atoms with E-state index in [9.17, 15) is 8.78 Å². The second kappa shape index (κ2) is 5.04. The zero-order valence-electron chi connectivity index (χ0n) is 8.34. The molecule has 84 valence electrons. The highest BCUT2D eigenvalue weighted by Gasteiger charge is 2.16. The van der Waals surface area contributed by atoms with Crippen LogP contribution in [0.2, 0.25) is 0 Å². The van der Waals surface area contributed by atoms with Crippen LogP contribution in [-0.2, 0) is 6.42 Å². The van der Waals surface area contributed by atoms with Gasteiger partial charge in [0.2, 0.25) is 0 Å². The topological polar surface area (TPSA) is 55.5 Å². The number of hydrogen-bond donors (Lipinski definition) is 2. The molecular weight excluding hydrogens is 204 g/mol. The molecule has 0 aliphatic heterocycles. The first-order valence-electron chi connectivity index (χ1n) is 4.47. The summed E-state index contributed by atoms with van der Waals surface area (Å²) in [6.45, 7) is -0.323. The largest absolute Gasteiger partial charge is 0.494 e. The molecule has 1 rings (SSSR count). The van der Waals surface area contributed by atoms with Gasteiger partial charge in [-0.15, -0.1) is 0 Å². The zero-order chi connectivity index (χ0) is 11.4. The average Bonchev–Trinajstić information content (AvgIpc) is 2.24. The molecule has 15 heavy (non-hydrogen) atoms. The summed E-state index contributed by atoms with van der Waals surface area (Å²) in [6.07, 6.45) is -0.0641. The monoisotopic (exact) mass is 217 g/mol. The fraction of sp³-hybridized carbons (Fsp3) is 0.400. The van der Waals surface area contributed by atoms with Crippen molar-refractivity contribution in [3.05, 3.63) is 29.3 Å². The van der Waals surface area contributed by atoms with E-state index in [1.807, 2.05) is 0 Å². The van der Waals surface area contributed by atoms with E-state index in [4.69, 9.17) is 15.6 Å². The summed E-state index contributed by atoms with van der Waals surface area (Å²) in [5, 5.41) is 8.70. The predicted octanol–water partition coefficient (Wildman–Crippen LogP) is 0.835. The number of ether oxygens (including phenoxy) is 1. The molecule has 0 aliphatic rings. The number of nitrogens with two attached hydrogens (primary N) is 1. The predicted molar refractivity (Wildman–Crippen MR) is 51.7 cm³/mol. The van der Waals surface area contributed by atoms with Gasteiger partial charge >= 0.3 is 0 Å². The lowest BCUT2D eigenvalue weighted by molar-refractivity contribution is 0.263. The van der Waals surface area contributed by atoms with Gasteiger partial charge in [-0.1, -0.05) is 0 Å². The second-order valence-electron chi connectivity index (χ2n) is 3.19. The first-order chi connectivity index (χ1) is 7.10. The van der Waals surface area contributed by atoms with Gasteiger partial charge in [-0.3, -0.25) is 0 Å². The van der Waals surface area contributed by atoms with Gasteiger partial charge in [0.25, 0.3) is 0 Å². The average molecular weight is 217 g/mol. The Bertz CT molecular complexity index is 344. The van der Waals surface area contributed by atoms with Crippen molar-refractivity contribution in [1.29, 1.82) is 0 Å². The lowest BCUT2D eigenvalue weighted by Gasteiger charge is -2.11. The molecule has 0 aliphatic carbocycles. The molecule has 0 spiro atoms. The van der Waals surface area contributed by atoms with Crippen LogP contribution in [0.25, 0.3) is 0 Å². The molecule has 3 N–H and O–H groups in total. The van der Waals surface area contributed by atoms with E-state index in [1.54, 1.807) is 0 Å². The van der Waals surface area contributed by atoms with Gasteiger partial charge < -0.3 is 15.6 Å². The van der Waals surface area contributed by atoms with E-state index in [0.29, 0.717) is 0 Å². The van der Waals surface area contributed by atoms with Crippen molar-refractivity contribution in [2.24, 2.45) is 5.73 Å². The van der Waals surface area contributed by atoms with E-state index in [-0.39, 0.29) is 24.3 Å². The fourth-order valence-electron chi connectivity index (χ4n) is 1.25. The third-order valence-electron chi connectivity index (χ3n) is 2.07. The Balaban J connectivity index is 3.04. The van der Waals surface area contributed by atoms with Crippen LogP contribution < -0.4 is 10.5 Å². The Hall–Kier alpha value is -1.20. The van der Waals surface area contributed by atoms with Gasteiger partial charge in [0.15, 0.2) is 11.6 Å². The summed E-state index contributed by atoms with van der Waals surface area (Å²) in [5.41, 5.74) is 5.25. The molecule has 0 fully saturated rings. The molecule has 0 saturated heterocycles. The van der Waals surface area contributed by atoms with Crippen molar-refractivity contribution in [2.45, 2.75) is 12.5 Å². The highest BCUT2D eigenvalue weighted by molar-refractivity contribution is 5.32. The summed E-state index contributed by atoms with van der Waals surface area (Å²) in [4.78, 5) is 0. The van der Waals surface area contributed by atoms with E-state index in [0.717, 1.165) is 6.07 Å². The third-order valence-corrected chi connectivity index (χ3v) is 2.07. The highest BCUT2D eigenvalue weighted by atomic mass is 19.1. The standard InChI is InChI=1S/C10H13F2NO2/c1-15-9-3-2-8(11)7(10(9)12)4-6(13)5-14/h2-3,6,14H,4-5,13H2,1H3. The van der Waals surface area contributed by atoms with E-state index < -0.39 is 17.7 Å². The van der Waals surface area contributed by atoms with Crippen molar-refractivity contribution in [3.8, 4) is 5.75 Å². The lowest BCUT2D eigenvalue weighted by Crippen LogP contribution is -2.27. The van der Waals surface area contributed by atoms with Crippen molar-refractivity contribution < 1.29 is 18.6 Å². The van der Waals surface area contributed by atoms with Crippen molar-refractivity contribution >= 4 is 0 Å².